The summed E-state index contributed by atoms with van der Waals surface area (Å²) in [7, 11) is 1.77. The summed E-state index contributed by atoms with van der Waals surface area (Å²) >= 11 is 0. The first-order valence-electron chi connectivity index (χ1n) is 3.46. The molecule has 2 nitrogen and oxygen atoms in total. The van der Waals surface area contributed by atoms with Crippen molar-refractivity contribution in [2.45, 2.75) is 27.2 Å². The van der Waals surface area contributed by atoms with E-state index in [9.17, 15) is 4.79 Å². The van der Waals surface area contributed by atoms with Gasteiger partial charge in [-0.2, -0.15) is 0 Å². The van der Waals surface area contributed by atoms with Crippen LogP contribution in [0.25, 0.3) is 0 Å². The Morgan fingerprint density at radius 2 is 1.89 bits per heavy atom. The van der Waals surface area contributed by atoms with Crippen molar-refractivity contribution in [2.75, 3.05) is 13.6 Å². The molecule has 0 radical (unpaired) electrons. The van der Waals surface area contributed by atoms with Gasteiger partial charge in [0, 0.05) is 13.6 Å². The Kier molecular flexibility index (Phi) is 13.1. The minimum atomic E-state index is 0.837. The van der Waals surface area contributed by atoms with Crippen LogP contribution in [0.1, 0.15) is 27.2 Å². The van der Waals surface area contributed by atoms with Crippen molar-refractivity contribution in [2.24, 2.45) is 0 Å². The van der Waals surface area contributed by atoms with Crippen LogP contribution in [0.5, 0.6) is 0 Å². The first-order valence-corrected chi connectivity index (χ1v) is 3.46. The van der Waals surface area contributed by atoms with Gasteiger partial charge in [-0.05, 0) is 6.42 Å². The van der Waals surface area contributed by atoms with Gasteiger partial charge in [-0.15, -0.1) is 0 Å². The number of hydrogen-bond acceptors (Lipinski definition) is 1. The molecule has 0 unspecified atom stereocenters. The van der Waals surface area contributed by atoms with E-state index in [1.54, 1.807) is 11.9 Å². The number of carbonyl (C=O) groups is 1. The molecular formula is C7H17NO. The average molecular weight is 131 g/mol. The van der Waals surface area contributed by atoms with Gasteiger partial charge in [0.2, 0.25) is 6.41 Å². The van der Waals surface area contributed by atoms with E-state index in [-0.39, 0.29) is 0 Å². The summed E-state index contributed by atoms with van der Waals surface area (Å²) in [5.41, 5.74) is 0. The molecule has 0 rings (SSSR count). The van der Waals surface area contributed by atoms with Gasteiger partial charge < -0.3 is 4.90 Å². The molecule has 0 fully saturated rings. The Balaban J connectivity index is 0. The Morgan fingerprint density at radius 1 is 1.44 bits per heavy atom. The molecule has 56 valence electrons. The molecule has 0 aliphatic carbocycles. The molecule has 0 aliphatic heterocycles. The summed E-state index contributed by atoms with van der Waals surface area (Å²) in [5, 5.41) is 0. The van der Waals surface area contributed by atoms with Gasteiger partial charge in [0.25, 0.3) is 0 Å². The van der Waals surface area contributed by atoms with Crippen LogP contribution in [-0.2, 0) is 4.79 Å². The fourth-order valence-corrected chi connectivity index (χ4v) is 0.405. The predicted octanol–water partition coefficient (Wildman–Crippen LogP) is 1.51. The third kappa shape index (κ3) is 11.2. The highest BCUT2D eigenvalue weighted by molar-refractivity contribution is 5.45. The van der Waals surface area contributed by atoms with Crippen LogP contribution < -0.4 is 0 Å². The number of rotatable bonds is 3. The van der Waals surface area contributed by atoms with Crippen LogP contribution in [-0.4, -0.2) is 24.9 Å². The lowest BCUT2D eigenvalue weighted by Crippen LogP contribution is -2.15. The third-order valence-corrected chi connectivity index (χ3v) is 0.756. The SMILES string of the molecule is CC.CCCN(C)C=O. The summed E-state index contributed by atoms with van der Waals surface area (Å²) in [6.07, 6.45) is 1.87. The molecule has 0 aromatic carbocycles. The summed E-state index contributed by atoms with van der Waals surface area (Å²) in [6, 6.07) is 0. The summed E-state index contributed by atoms with van der Waals surface area (Å²) in [5.74, 6) is 0. The second-order valence-electron chi connectivity index (χ2n) is 1.59. The predicted molar refractivity (Wildman–Crippen MR) is 40.3 cm³/mol. The molecular weight excluding hydrogens is 114 g/mol. The third-order valence-electron chi connectivity index (χ3n) is 0.756. The molecule has 0 aliphatic rings. The molecule has 0 aromatic heterocycles. The molecule has 0 spiro atoms. The zero-order chi connectivity index (χ0) is 7.70. The highest BCUT2D eigenvalue weighted by Gasteiger charge is 1.84. The zero-order valence-electron chi connectivity index (χ0n) is 6.85. The molecule has 0 saturated heterocycles. The molecule has 0 aromatic rings. The Morgan fingerprint density at radius 3 is 2.00 bits per heavy atom. The van der Waals surface area contributed by atoms with Gasteiger partial charge in [0.05, 0.1) is 0 Å². The first-order chi connectivity index (χ1) is 4.31. The topological polar surface area (TPSA) is 20.3 Å². The summed E-state index contributed by atoms with van der Waals surface area (Å²) in [4.78, 5) is 11.4. The van der Waals surface area contributed by atoms with Gasteiger partial charge in [-0.3, -0.25) is 4.79 Å². The lowest BCUT2D eigenvalue weighted by molar-refractivity contribution is -0.117. The molecule has 2 heteroatoms. The van der Waals surface area contributed by atoms with Crippen molar-refractivity contribution in [3.05, 3.63) is 0 Å². The normalized spacial score (nSPS) is 7.11. The van der Waals surface area contributed by atoms with Crippen LogP contribution >= 0.6 is 0 Å². The van der Waals surface area contributed by atoms with E-state index in [2.05, 4.69) is 0 Å². The monoisotopic (exact) mass is 131 g/mol. The van der Waals surface area contributed by atoms with Crippen molar-refractivity contribution in [1.82, 2.24) is 4.90 Å². The van der Waals surface area contributed by atoms with E-state index in [0.717, 1.165) is 19.4 Å². The van der Waals surface area contributed by atoms with Crippen molar-refractivity contribution >= 4 is 6.41 Å². The molecule has 0 heterocycles. The molecule has 0 saturated carbocycles. The second-order valence-corrected chi connectivity index (χ2v) is 1.59. The van der Waals surface area contributed by atoms with E-state index in [1.165, 1.54) is 0 Å². The minimum absolute atomic E-state index is 0.837. The Labute approximate surface area is 57.9 Å². The van der Waals surface area contributed by atoms with Gasteiger partial charge in [0.1, 0.15) is 0 Å². The summed E-state index contributed by atoms with van der Waals surface area (Å²) in [6.45, 7) is 6.91. The number of amides is 1. The number of carbonyl (C=O) groups excluding carboxylic acids is 1. The first kappa shape index (κ1) is 11.3. The molecule has 0 atom stereocenters. The second kappa shape index (κ2) is 10.5. The van der Waals surface area contributed by atoms with Gasteiger partial charge >= 0.3 is 0 Å². The lowest BCUT2D eigenvalue weighted by atomic mass is 10.5. The smallest absolute Gasteiger partial charge is 0.209 e. The average Bonchev–Trinajstić information content (AvgIpc) is 1.93. The van der Waals surface area contributed by atoms with Crippen LogP contribution in [0.2, 0.25) is 0 Å². The maximum absolute atomic E-state index is 9.82. The fourth-order valence-electron chi connectivity index (χ4n) is 0.405. The van der Waals surface area contributed by atoms with E-state index in [0.29, 0.717) is 0 Å². The lowest BCUT2D eigenvalue weighted by Gasteiger charge is -2.05. The van der Waals surface area contributed by atoms with Crippen LogP contribution in [0.4, 0.5) is 0 Å². The van der Waals surface area contributed by atoms with Gasteiger partial charge in [-0.1, -0.05) is 20.8 Å². The van der Waals surface area contributed by atoms with E-state index in [4.69, 9.17) is 0 Å². The standard InChI is InChI=1S/C5H11NO.C2H6/c1-3-4-6(2)5-7;1-2/h5H,3-4H2,1-2H3;1-2H3. The molecule has 0 N–H and O–H groups in total. The van der Waals surface area contributed by atoms with Crippen molar-refractivity contribution < 1.29 is 4.79 Å². The van der Waals surface area contributed by atoms with Crippen LogP contribution in [0.15, 0.2) is 0 Å². The van der Waals surface area contributed by atoms with Crippen molar-refractivity contribution in [3.63, 3.8) is 0 Å². The number of nitrogens with zero attached hydrogens (tertiary/aromatic N) is 1. The molecule has 0 bridgehead atoms. The Bertz CT molecular complexity index is 54.9. The summed E-state index contributed by atoms with van der Waals surface area (Å²) < 4.78 is 0. The van der Waals surface area contributed by atoms with Crippen LogP contribution in [0.3, 0.4) is 0 Å². The molecule has 9 heavy (non-hydrogen) atoms. The van der Waals surface area contributed by atoms with Gasteiger partial charge in [-0.25, -0.2) is 0 Å². The highest BCUT2D eigenvalue weighted by Crippen LogP contribution is 1.77. The van der Waals surface area contributed by atoms with E-state index in [1.807, 2.05) is 20.8 Å². The maximum atomic E-state index is 9.82. The van der Waals surface area contributed by atoms with Crippen molar-refractivity contribution in [3.8, 4) is 0 Å². The maximum Gasteiger partial charge on any atom is 0.209 e. The van der Waals surface area contributed by atoms with Crippen LogP contribution in [0, 0.1) is 0 Å². The highest BCUT2D eigenvalue weighted by atomic mass is 16.1. The fraction of sp³-hybridized carbons (Fsp3) is 0.857. The Hall–Kier alpha value is -0.530. The zero-order valence-corrected chi connectivity index (χ0v) is 6.85. The van der Waals surface area contributed by atoms with Crippen molar-refractivity contribution in [1.29, 1.82) is 0 Å². The molecule has 1 amide bonds. The van der Waals surface area contributed by atoms with Gasteiger partial charge in [0.15, 0.2) is 0 Å². The largest absolute Gasteiger partial charge is 0.348 e. The quantitative estimate of drug-likeness (QED) is 0.532. The minimum Gasteiger partial charge on any atom is -0.348 e. The number of hydrogen-bond donors (Lipinski definition) is 0. The van der Waals surface area contributed by atoms with E-state index >= 15 is 0 Å². The van der Waals surface area contributed by atoms with E-state index < -0.39 is 0 Å².